The van der Waals surface area contributed by atoms with Crippen molar-refractivity contribution in [2.75, 3.05) is 5.73 Å². The van der Waals surface area contributed by atoms with Crippen molar-refractivity contribution in [3.63, 3.8) is 0 Å². The first-order valence-corrected chi connectivity index (χ1v) is 3.89. The van der Waals surface area contributed by atoms with Crippen molar-refractivity contribution in [2.45, 2.75) is 27.3 Å². The lowest BCUT2D eigenvalue weighted by Crippen LogP contribution is -2.09. The Morgan fingerprint density at radius 3 is 2.64 bits per heavy atom. The average Bonchev–Trinajstić information content (AvgIpc) is 2.18. The van der Waals surface area contributed by atoms with Gasteiger partial charge in [0.2, 0.25) is 0 Å². The Bertz CT molecular complexity index is 237. The van der Waals surface area contributed by atoms with Crippen LogP contribution in [-0.4, -0.2) is 9.78 Å². The fourth-order valence-corrected chi connectivity index (χ4v) is 0.980. The lowest BCUT2D eigenvalue weighted by atomic mass is 10.2. The van der Waals surface area contributed by atoms with Gasteiger partial charge in [-0.1, -0.05) is 13.8 Å². The summed E-state index contributed by atoms with van der Waals surface area (Å²) in [6.45, 7) is 7.17. The molecule has 0 bridgehead atoms. The third-order valence-electron chi connectivity index (χ3n) is 1.61. The van der Waals surface area contributed by atoms with Crippen molar-refractivity contribution < 1.29 is 0 Å². The Kier molecular flexibility index (Phi) is 2.17. The van der Waals surface area contributed by atoms with Gasteiger partial charge in [0.15, 0.2) is 0 Å². The van der Waals surface area contributed by atoms with Crippen molar-refractivity contribution in [1.29, 1.82) is 0 Å². The van der Waals surface area contributed by atoms with Crippen LogP contribution in [0, 0.1) is 12.8 Å². The van der Waals surface area contributed by atoms with Crippen LogP contribution < -0.4 is 5.73 Å². The van der Waals surface area contributed by atoms with Crippen molar-refractivity contribution in [3.05, 3.63) is 11.8 Å². The second-order valence-electron chi connectivity index (χ2n) is 3.29. The van der Waals surface area contributed by atoms with E-state index in [1.54, 1.807) is 6.20 Å². The van der Waals surface area contributed by atoms with E-state index in [0.29, 0.717) is 5.92 Å². The Balaban J connectivity index is 2.79. The van der Waals surface area contributed by atoms with Crippen LogP contribution >= 0.6 is 0 Å². The number of hydrogen-bond acceptors (Lipinski definition) is 2. The number of nitrogen functional groups attached to an aromatic ring is 1. The normalized spacial score (nSPS) is 10.9. The second kappa shape index (κ2) is 2.95. The maximum atomic E-state index is 5.75. The van der Waals surface area contributed by atoms with Crippen molar-refractivity contribution in [3.8, 4) is 0 Å². The summed E-state index contributed by atoms with van der Waals surface area (Å²) in [5.74, 6) is 1.38. The first-order valence-electron chi connectivity index (χ1n) is 3.89. The van der Waals surface area contributed by atoms with Gasteiger partial charge < -0.3 is 5.73 Å². The SMILES string of the molecule is Cc1cnn(CC(C)C)c1N. The summed E-state index contributed by atoms with van der Waals surface area (Å²) in [5, 5.41) is 4.15. The van der Waals surface area contributed by atoms with Gasteiger partial charge in [-0.3, -0.25) is 0 Å². The number of aromatic nitrogens is 2. The first kappa shape index (κ1) is 8.11. The number of nitrogens with zero attached hydrogens (tertiary/aromatic N) is 2. The van der Waals surface area contributed by atoms with E-state index < -0.39 is 0 Å². The van der Waals surface area contributed by atoms with Crippen LogP contribution in [0.1, 0.15) is 19.4 Å². The molecular formula is C8H15N3. The van der Waals surface area contributed by atoms with E-state index in [2.05, 4.69) is 18.9 Å². The van der Waals surface area contributed by atoms with Gasteiger partial charge >= 0.3 is 0 Å². The summed E-state index contributed by atoms with van der Waals surface area (Å²) < 4.78 is 1.85. The standard InChI is InChI=1S/C8H15N3/c1-6(2)5-11-8(9)7(3)4-10-11/h4,6H,5,9H2,1-3H3. The Morgan fingerprint density at radius 2 is 2.27 bits per heavy atom. The number of anilines is 1. The van der Waals surface area contributed by atoms with Crippen LogP contribution in [0.25, 0.3) is 0 Å². The summed E-state index contributed by atoms with van der Waals surface area (Å²) in [5.41, 5.74) is 6.81. The molecule has 0 aromatic carbocycles. The summed E-state index contributed by atoms with van der Waals surface area (Å²) >= 11 is 0. The Hall–Kier alpha value is -0.990. The molecule has 0 aliphatic heterocycles. The molecule has 62 valence electrons. The number of nitrogens with two attached hydrogens (primary N) is 1. The van der Waals surface area contributed by atoms with Crippen LogP contribution in [0.5, 0.6) is 0 Å². The van der Waals surface area contributed by atoms with E-state index in [0.717, 1.165) is 17.9 Å². The first-order chi connectivity index (χ1) is 5.11. The van der Waals surface area contributed by atoms with Crippen molar-refractivity contribution in [2.24, 2.45) is 5.92 Å². The second-order valence-corrected chi connectivity index (χ2v) is 3.29. The lowest BCUT2D eigenvalue weighted by Gasteiger charge is -2.06. The maximum Gasteiger partial charge on any atom is 0.124 e. The third-order valence-corrected chi connectivity index (χ3v) is 1.61. The van der Waals surface area contributed by atoms with Crippen molar-refractivity contribution in [1.82, 2.24) is 9.78 Å². The highest BCUT2D eigenvalue weighted by atomic mass is 15.3. The predicted molar refractivity (Wildman–Crippen MR) is 46.2 cm³/mol. The lowest BCUT2D eigenvalue weighted by molar-refractivity contribution is 0.488. The van der Waals surface area contributed by atoms with Gasteiger partial charge in [0, 0.05) is 12.1 Å². The molecule has 11 heavy (non-hydrogen) atoms. The largest absolute Gasteiger partial charge is 0.384 e. The smallest absolute Gasteiger partial charge is 0.124 e. The monoisotopic (exact) mass is 153 g/mol. The molecule has 3 nitrogen and oxygen atoms in total. The van der Waals surface area contributed by atoms with E-state index in [-0.39, 0.29) is 0 Å². The van der Waals surface area contributed by atoms with Crippen LogP contribution in [0.4, 0.5) is 5.82 Å². The molecule has 0 saturated heterocycles. The molecule has 0 atom stereocenters. The molecule has 0 radical (unpaired) electrons. The molecule has 0 fully saturated rings. The number of rotatable bonds is 2. The van der Waals surface area contributed by atoms with Crippen LogP contribution in [0.3, 0.4) is 0 Å². The van der Waals surface area contributed by atoms with Gasteiger partial charge in [-0.15, -0.1) is 0 Å². The van der Waals surface area contributed by atoms with Gasteiger partial charge in [0.05, 0.1) is 6.20 Å². The fraction of sp³-hybridized carbons (Fsp3) is 0.625. The zero-order chi connectivity index (χ0) is 8.43. The van der Waals surface area contributed by atoms with Gasteiger partial charge in [0.25, 0.3) is 0 Å². The summed E-state index contributed by atoms with van der Waals surface area (Å²) in [7, 11) is 0. The van der Waals surface area contributed by atoms with Gasteiger partial charge in [-0.05, 0) is 12.8 Å². The summed E-state index contributed by atoms with van der Waals surface area (Å²) in [6.07, 6.45) is 1.80. The van der Waals surface area contributed by atoms with Crippen molar-refractivity contribution >= 4 is 5.82 Å². The fourth-order valence-electron chi connectivity index (χ4n) is 0.980. The summed E-state index contributed by atoms with van der Waals surface area (Å²) in [4.78, 5) is 0. The Morgan fingerprint density at radius 1 is 1.64 bits per heavy atom. The van der Waals surface area contributed by atoms with Crippen LogP contribution in [-0.2, 0) is 6.54 Å². The third kappa shape index (κ3) is 1.73. The molecule has 0 unspecified atom stereocenters. The highest BCUT2D eigenvalue weighted by Crippen LogP contribution is 2.10. The van der Waals surface area contributed by atoms with Gasteiger partial charge in [-0.2, -0.15) is 5.10 Å². The van der Waals surface area contributed by atoms with E-state index >= 15 is 0 Å². The van der Waals surface area contributed by atoms with Gasteiger partial charge in [-0.25, -0.2) is 4.68 Å². The predicted octanol–water partition coefficient (Wildman–Crippen LogP) is 1.43. The minimum absolute atomic E-state index is 0.594. The van der Waals surface area contributed by atoms with Crippen LogP contribution in [0.15, 0.2) is 6.20 Å². The van der Waals surface area contributed by atoms with E-state index in [4.69, 9.17) is 5.73 Å². The molecule has 0 saturated carbocycles. The van der Waals surface area contributed by atoms with E-state index in [1.165, 1.54) is 0 Å². The van der Waals surface area contributed by atoms with E-state index in [1.807, 2.05) is 11.6 Å². The minimum Gasteiger partial charge on any atom is -0.384 e. The quantitative estimate of drug-likeness (QED) is 0.698. The molecule has 1 heterocycles. The molecular weight excluding hydrogens is 138 g/mol. The molecule has 0 aliphatic carbocycles. The van der Waals surface area contributed by atoms with Gasteiger partial charge in [0.1, 0.15) is 5.82 Å². The topological polar surface area (TPSA) is 43.8 Å². The highest BCUT2D eigenvalue weighted by Gasteiger charge is 2.03. The van der Waals surface area contributed by atoms with E-state index in [9.17, 15) is 0 Å². The molecule has 2 N–H and O–H groups in total. The molecule has 0 amide bonds. The number of hydrogen-bond donors (Lipinski definition) is 1. The molecule has 1 aromatic heterocycles. The zero-order valence-corrected chi connectivity index (χ0v) is 7.33. The minimum atomic E-state index is 0.594. The number of aryl methyl sites for hydroxylation is 1. The molecule has 0 aliphatic rings. The molecule has 1 rings (SSSR count). The molecule has 1 aromatic rings. The van der Waals surface area contributed by atoms with Crippen LogP contribution in [0.2, 0.25) is 0 Å². The average molecular weight is 153 g/mol. The summed E-state index contributed by atoms with van der Waals surface area (Å²) in [6, 6.07) is 0. The maximum absolute atomic E-state index is 5.75. The molecule has 3 heteroatoms. The zero-order valence-electron chi connectivity index (χ0n) is 7.33. The highest BCUT2D eigenvalue weighted by molar-refractivity contribution is 5.36. The Labute approximate surface area is 67.2 Å². The molecule has 0 spiro atoms.